The van der Waals surface area contributed by atoms with Crippen LogP contribution in [0.1, 0.15) is 0 Å². The number of aromatic nitrogens is 1. The molecular weight excluding hydrogens is 376 g/mol. The van der Waals surface area contributed by atoms with Gasteiger partial charge in [0.25, 0.3) is 5.56 Å². The third-order valence-electron chi connectivity index (χ3n) is 2.48. The summed E-state index contributed by atoms with van der Waals surface area (Å²) in [5.74, 6) is 0.763. The average Bonchev–Trinajstić information content (AvgIpc) is 2.37. The number of pyridine rings is 1. The van der Waals surface area contributed by atoms with Gasteiger partial charge in [-0.2, -0.15) is 0 Å². The van der Waals surface area contributed by atoms with Crippen molar-refractivity contribution in [1.82, 2.24) is 4.57 Å². The Balaban J connectivity index is 2.00. The number of anilines is 1. The maximum Gasteiger partial charge on any atom is 0.265 e. The monoisotopic (exact) mass is 386 g/mol. The molecule has 0 fully saturated rings. The van der Waals surface area contributed by atoms with Gasteiger partial charge in [0.15, 0.2) is 0 Å². The first-order valence-electron chi connectivity index (χ1n) is 5.60. The number of benzene rings is 1. The van der Waals surface area contributed by atoms with E-state index in [-0.39, 0.29) is 5.56 Å². The Bertz CT molecular complexity index is 624. The van der Waals surface area contributed by atoms with Gasteiger partial charge in [-0.05, 0) is 46.3 Å². The highest BCUT2D eigenvalue weighted by atomic mass is 79.9. The minimum atomic E-state index is -0.117. The summed E-state index contributed by atoms with van der Waals surface area (Å²) in [6.45, 7) is 0.843. The molecule has 1 aromatic heterocycles. The van der Waals surface area contributed by atoms with Gasteiger partial charge in [0, 0.05) is 16.4 Å². The van der Waals surface area contributed by atoms with Gasteiger partial charge in [0.05, 0.1) is 11.0 Å². The molecule has 0 spiro atoms. The van der Waals surface area contributed by atoms with E-state index in [0.717, 1.165) is 10.2 Å². The fourth-order valence-electron chi connectivity index (χ4n) is 1.58. The van der Waals surface area contributed by atoms with E-state index in [1.165, 1.54) is 4.57 Å². The van der Waals surface area contributed by atoms with Crippen LogP contribution in [0.4, 0.5) is 5.69 Å². The van der Waals surface area contributed by atoms with Gasteiger partial charge in [0.1, 0.15) is 12.4 Å². The SMILES string of the molecule is Nc1cc(Br)c(=O)n(CCOc2ccc(Br)cc2)c1. The van der Waals surface area contributed by atoms with Crippen LogP contribution >= 0.6 is 31.9 Å². The van der Waals surface area contributed by atoms with Gasteiger partial charge in [-0.15, -0.1) is 0 Å². The Hall–Kier alpha value is -1.27. The summed E-state index contributed by atoms with van der Waals surface area (Å²) in [7, 11) is 0. The summed E-state index contributed by atoms with van der Waals surface area (Å²) < 4.78 is 8.54. The molecule has 0 atom stereocenters. The second-order valence-corrected chi connectivity index (χ2v) is 5.69. The lowest BCUT2D eigenvalue weighted by Crippen LogP contribution is -2.23. The molecule has 0 amide bonds. The number of ether oxygens (including phenoxy) is 1. The summed E-state index contributed by atoms with van der Waals surface area (Å²) in [6, 6.07) is 9.12. The van der Waals surface area contributed by atoms with E-state index in [2.05, 4.69) is 31.9 Å². The zero-order chi connectivity index (χ0) is 13.8. The van der Waals surface area contributed by atoms with E-state index in [4.69, 9.17) is 10.5 Å². The van der Waals surface area contributed by atoms with Gasteiger partial charge in [-0.1, -0.05) is 15.9 Å². The predicted octanol–water partition coefficient (Wildman–Crippen LogP) is 3.03. The standard InChI is InChI=1S/C13H12Br2N2O2/c14-9-1-3-11(4-2-9)19-6-5-17-8-10(16)7-12(15)13(17)18/h1-4,7-8H,5-6,16H2. The zero-order valence-electron chi connectivity index (χ0n) is 9.98. The summed E-state index contributed by atoms with van der Waals surface area (Å²) in [6.07, 6.45) is 1.61. The van der Waals surface area contributed by atoms with Crippen molar-refractivity contribution in [2.45, 2.75) is 6.54 Å². The Morgan fingerprint density at radius 2 is 1.89 bits per heavy atom. The number of rotatable bonds is 4. The highest BCUT2D eigenvalue weighted by molar-refractivity contribution is 9.10. The van der Waals surface area contributed by atoms with Crippen molar-refractivity contribution < 1.29 is 4.74 Å². The molecule has 2 rings (SSSR count). The lowest BCUT2D eigenvalue weighted by atomic mass is 10.3. The van der Waals surface area contributed by atoms with Crippen LogP contribution in [0.2, 0.25) is 0 Å². The van der Waals surface area contributed by atoms with Crippen molar-refractivity contribution in [3.05, 3.63) is 55.8 Å². The van der Waals surface area contributed by atoms with Crippen LogP contribution in [0.3, 0.4) is 0 Å². The van der Waals surface area contributed by atoms with E-state index < -0.39 is 0 Å². The van der Waals surface area contributed by atoms with Gasteiger partial charge in [-0.3, -0.25) is 4.79 Å². The van der Waals surface area contributed by atoms with Crippen LogP contribution in [0.5, 0.6) is 5.75 Å². The van der Waals surface area contributed by atoms with Crippen molar-refractivity contribution in [2.24, 2.45) is 0 Å². The minimum Gasteiger partial charge on any atom is -0.492 e. The maximum atomic E-state index is 11.8. The predicted molar refractivity (Wildman–Crippen MR) is 82.5 cm³/mol. The number of halogens is 2. The first-order valence-corrected chi connectivity index (χ1v) is 7.18. The van der Waals surface area contributed by atoms with Gasteiger partial charge < -0.3 is 15.0 Å². The fraction of sp³-hybridized carbons (Fsp3) is 0.154. The normalized spacial score (nSPS) is 10.4. The first-order chi connectivity index (χ1) is 9.06. The molecule has 2 N–H and O–H groups in total. The molecule has 1 heterocycles. The number of hydrogen-bond acceptors (Lipinski definition) is 3. The van der Waals surface area contributed by atoms with Crippen molar-refractivity contribution in [1.29, 1.82) is 0 Å². The summed E-state index contributed by atoms with van der Waals surface area (Å²) in [5, 5.41) is 0. The topological polar surface area (TPSA) is 57.2 Å². The lowest BCUT2D eigenvalue weighted by Gasteiger charge is -2.09. The Kier molecular flexibility index (Phi) is 4.66. The fourth-order valence-corrected chi connectivity index (χ4v) is 2.34. The molecule has 19 heavy (non-hydrogen) atoms. The van der Waals surface area contributed by atoms with Gasteiger partial charge >= 0.3 is 0 Å². The minimum absolute atomic E-state index is 0.117. The molecule has 0 aliphatic heterocycles. The highest BCUT2D eigenvalue weighted by Gasteiger charge is 2.03. The van der Waals surface area contributed by atoms with E-state index in [1.807, 2.05) is 24.3 Å². The maximum absolute atomic E-state index is 11.8. The van der Waals surface area contributed by atoms with Crippen LogP contribution < -0.4 is 16.0 Å². The van der Waals surface area contributed by atoms with Crippen LogP contribution in [-0.4, -0.2) is 11.2 Å². The van der Waals surface area contributed by atoms with Gasteiger partial charge in [-0.25, -0.2) is 0 Å². The molecule has 0 bridgehead atoms. The van der Waals surface area contributed by atoms with Crippen LogP contribution in [0, 0.1) is 0 Å². The van der Waals surface area contributed by atoms with E-state index >= 15 is 0 Å². The summed E-state index contributed by atoms with van der Waals surface area (Å²) >= 11 is 6.54. The van der Waals surface area contributed by atoms with Crippen molar-refractivity contribution in [3.63, 3.8) is 0 Å². The quantitative estimate of drug-likeness (QED) is 0.877. The first kappa shape index (κ1) is 14.1. The van der Waals surface area contributed by atoms with E-state index in [0.29, 0.717) is 23.3 Å². The van der Waals surface area contributed by atoms with E-state index in [9.17, 15) is 4.79 Å². The zero-order valence-corrected chi connectivity index (χ0v) is 13.1. The average molecular weight is 388 g/mol. The largest absolute Gasteiger partial charge is 0.492 e. The number of nitrogen functional groups attached to an aromatic ring is 1. The summed E-state index contributed by atoms with van der Waals surface area (Å²) in [5.41, 5.74) is 6.11. The number of hydrogen-bond donors (Lipinski definition) is 1. The molecule has 1 aromatic carbocycles. The highest BCUT2D eigenvalue weighted by Crippen LogP contribution is 2.16. The van der Waals surface area contributed by atoms with Crippen molar-refractivity contribution in [3.8, 4) is 5.75 Å². The molecule has 6 heteroatoms. The van der Waals surface area contributed by atoms with Crippen molar-refractivity contribution >= 4 is 37.5 Å². The molecule has 0 radical (unpaired) electrons. The van der Waals surface area contributed by atoms with Crippen LogP contribution in [0.25, 0.3) is 0 Å². The Morgan fingerprint density at radius 3 is 2.58 bits per heavy atom. The molecule has 0 saturated carbocycles. The Labute approximate surface area is 127 Å². The third kappa shape index (κ3) is 3.84. The van der Waals surface area contributed by atoms with E-state index in [1.54, 1.807) is 12.3 Å². The number of nitrogens with zero attached hydrogens (tertiary/aromatic N) is 1. The molecule has 2 aromatic rings. The van der Waals surface area contributed by atoms with Crippen molar-refractivity contribution in [2.75, 3.05) is 12.3 Å². The number of nitrogens with two attached hydrogens (primary N) is 1. The molecule has 0 unspecified atom stereocenters. The molecule has 0 aliphatic carbocycles. The van der Waals surface area contributed by atoms with Crippen LogP contribution in [-0.2, 0) is 6.54 Å². The second kappa shape index (κ2) is 6.25. The molecular formula is C13H12Br2N2O2. The molecule has 0 saturated heterocycles. The van der Waals surface area contributed by atoms with Crippen LogP contribution in [0.15, 0.2) is 50.3 Å². The smallest absolute Gasteiger partial charge is 0.265 e. The van der Waals surface area contributed by atoms with Gasteiger partial charge in [0.2, 0.25) is 0 Å². The second-order valence-electron chi connectivity index (χ2n) is 3.92. The summed E-state index contributed by atoms with van der Waals surface area (Å²) in [4.78, 5) is 11.8. The molecule has 0 aliphatic rings. The molecule has 4 nitrogen and oxygen atoms in total. The lowest BCUT2D eigenvalue weighted by molar-refractivity contribution is 0.296. The molecule has 100 valence electrons. The third-order valence-corrected chi connectivity index (χ3v) is 3.57. The Morgan fingerprint density at radius 1 is 1.21 bits per heavy atom.